The Kier molecular flexibility index (Phi) is 7.08. The number of benzene rings is 2. The van der Waals surface area contributed by atoms with Gasteiger partial charge < -0.3 is 9.64 Å². The topological polar surface area (TPSA) is 60.2 Å². The van der Waals surface area contributed by atoms with E-state index in [0.29, 0.717) is 18.2 Å². The molecular weight excluding hydrogens is 384 g/mol. The minimum Gasteiger partial charge on any atom is -0.497 e. The second-order valence-corrected chi connectivity index (χ2v) is 7.40. The molecule has 6 nitrogen and oxygen atoms in total. The van der Waals surface area contributed by atoms with E-state index in [-0.39, 0.29) is 11.7 Å². The van der Waals surface area contributed by atoms with Crippen LogP contribution in [0.3, 0.4) is 0 Å². The molecule has 0 radical (unpaired) electrons. The largest absolute Gasteiger partial charge is 0.497 e. The van der Waals surface area contributed by atoms with Crippen molar-refractivity contribution in [1.29, 1.82) is 0 Å². The molecule has 3 aromatic rings. The molecule has 7 heteroatoms. The Morgan fingerprint density at radius 1 is 1.21 bits per heavy atom. The average Bonchev–Trinajstić information content (AvgIpc) is 3.15. The molecule has 0 fully saturated rings. The van der Waals surface area contributed by atoms with Gasteiger partial charge >= 0.3 is 0 Å². The van der Waals surface area contributed by atoms with Crippen molar-refractivity contribution in [2.45, 2.75) is 18.2 Å². The van der Waals surface area contributed by atoms with Gasteiger partial charge in [0.1, 0.15) is 5.75 Å². The molecule has 3 rings (SSSR count). The summed E-state index contributed by atoms with van der Waals surface area (Å²) >= 11 is 1.38. The van der Waals surface area contributed by atoms with Crippen LogP contribution < -0.4 is 4.74 Å². The van der Waals surface area contributed by atoms with Gasteiger partial charge in [0.05, 0.1) is 12.9 Å². The van der Waals surface area contributed by atoms with E-state index in [1.807, 2.05) is 59.2 Å². The molecule has 1 amide bonds. The van der Waals surface area contributed by atoms with Gasteiger partial charge in [0.2, 0.25) is 5.91 Å². The van der Waals surface area contributed by atoms with E-state index >= 15 is 0 Å². The zero-order valence-electron chi connectivity index (χ0n) is 16.6. The molecule has 0 unspecified atom stereocenters. The first kappa shape index (κ1) is 20.7. The number of hydrogen-bond donors (Lipinski definition) is 0. The highest BCUT2D eigenvalue weighted by molar-refractivity contribution is 7.99. The molecule has 1 heterocycles. The molecule has 0 aliphatic carbocycles. The maximum atomic E-state index is 12.6. The molecule has 0 saturated carbocycles. The van der Waals surface area contributed by atoms with Crippen molar-refractivity contribution in [1.82, 2.24) is 19.7 Å². The van der Waals surface area contributed by atoms with E-state index in [2.05, 4.69) is 16.8 Å². The Balaban J connectivity index is 1.66. The van der Waals surface area contributed by atoms with E-state index in [1.165, 1.54) is 11.8 Å². The number of hydrogen-bond acceptors (Lipinski definition) is 5. The lowest BCUT2D eigenvalue weighted by Crippen LogP contribution is -2.27. The first-order valence-corrected chi connectivity index (χ1v) is 10.2. The van der Waals surface area contributed by atoms with Gasteiger partial charge in [-0.25, -0.2) is 0 Å². The number of methoxy groups -OCH3 is 1. The molecule has 0 bridgehead atoms. The standard InChI is InChI=1S/C22H24N4O2S/c1-4-13-26-21(18-10-6-5-7-11-18)23-24-22(26)29-16-20(27)25(2)15-17-9-8-12-19(14-17)28-3/h4-12,14H,1,13,15-16H2,2-3H3. The summed E-state index contributed by atoms with van der Waals surface area (Å²) in [6.45, 7) is 4.92. The quantitative estimate of drug-likeness (QED) is 0.397. The number of ether oxygens (including phenoxy) is 1. The maximum absolute atomic E-state index is 12.6. The van der Waals surface area contributed by atoms with Crippen LogP contribution in [0.4, 0.5) is 0 Å². The van der Waals surface area contributed by atoms with Crippen LogP contribution in [0.5, 0.6) is 5.75 Å². The molecule has 29 heavy (non-hydrogen) atoms. The highest BCUT2D eigenvalue weighted by Crippen LogP contribution is 2.24. The Morgan fingerprint density at radius 2 is 2.00 bits per heavy atom. The number of carbonyl (C=O) groups is 1. The molecule has 150 valence electrons. The summed E-state index contributed by atoms with van der Waals surface area (Å²) in [5, 5.41) is 9.31. The summed E-state index contributed by atoms with van der Waals surface area (Å²) in [6.07, 6.45) is 1.80. The van der Waals surface area contributed by atoms with Crippen LogP contribution in [-0.4, -0.2) is 45.5 Å². The van der Waals surface area contributed by atoms with Gasteiger partial charge in [-0.05, 0) is 17.7 Å². The van der Waals surface area contributed by atoms with Gasteiger partial charge in [0.15, 0.2) is 11.0 Å². The highest BCUT2D eigenvalue weighted by Gasteiger charge is 2.16. The molecule has 2 aromatic carbocycles. The molecule has 0 saturated heterocycles. The summed E-state index contributed by atoms with van der Waals surface area (Å²) < 4.78 is 7.22. The SMILES string of the molecule is C=CCn1c(SCC(=O)N(C)Cc2cccc(OC)c2)nnc1-c1ccccc1. The second-order valence-electron chi connectivity index (χ2n) is 6.46. The molecule has 0 N–H and O–H groups in total. The molecule has 0 aliphatic heterocycles. The summed E-state index contributed by atoms with van der Waals surface area (Å²) in [5.41, 5.74) is 2.00. The first-order valence-electron chi connectivity index (χ1n) is 9.21. The van der Waals surface area contributed by atoms with Gasteiger partial charge in [0.25, 0.3) is 0 Å². The van der Waals surface area contributed by atoms with Gasteiger partial charge in [-0.1, -0.05) is 60.3 Å². The Labute approximate surface area is 175 Å². The lowest BCUT2D eigenvalue weighted by molar-refractivity contribution is -0.127. The van der Waals surface area contributed by atoms with Crippen LogP contribution in [0.15, 0.2) is 72.4 Å². The highest BCUT2D eigenvalue weighted by atomic mass is 32.2. The number of allylic oxidation sites excluding steroid dienone is 1. The van der Waals surface area contributed by atoms with Crippen molar-refractivity contribution >= 4 is 17.7 Å². The summed E-state index contributed by atoms with van der Waals surface area (Å²) in [5.74, 6) is 1.85. The van der Waals surface area contributed by atoms with E-state index < -0.39 is 0 Å². The summed E-state index contributed by atoms with van der Waals surface area (Å²) in [4.78, 5) is 14.3. The molecule has 0 spiro atoms. The number of thioether (sulfide) groups is 1. The van der Waals surface area contributed by atoms with Crippen molar-refractivity contribution in [3.8, 4) is 17.1 Å². The zero-order valence-corrected chi connectivity index (χ0v) is 17.4. The van der Waals surface area contributed by atoms with Crippen LogP contribution in [-0.2, 0) is 17.9 Å². The Morgan fingerprint density at radius 3 is 2.72 bits per heavy atom. The van der Waals surface area contributed by atoms with Crippen LogP contribution in [0, 0.1) is 0 Å². The fourth-order valence-electron chi connectivity index (χ4n) is 2.86. The van der Waals surface area contributed by atoms with Gasteiger partial charge in [-0.2, -0.15) is 0 Å². The summed E-state index contributed by atoms with van der Waals surface area (Å²) in [6, 6.07) is 17.6. The van der Waals surface area contributed by atoms with Gasteiger partial charge in [-0.3, -0.25) is 9.36 Å². The fraction of sp³-hybridized carbons (Fsp3) is 0.227. The van der Waals surface area contributed by atoms with Crippen LogP contribution in [0.1, 0.15) is 5.56 Å². The maximum Gasteiger partial charge on any atom is 0.233 e. The number of aromatic nitrogens is 3. The summed E-state index contributed by atoms with van der Waals surface area (Å²) in [7, 11) is 3.43. The van der Waals surface area contributed by atoms with Crippen molar-refractivity contribution in [2.24, 2.45) is 0 Å². The molecule has 0 aliphatic rings. The third kappa shape index (κ3) is 5.26. The van der Waals surface area contributed by atoms with Crippen molar-refractivity contribution in [2.75, 3.05) is 19.9 Å². The predicted octanol–water partition coefficient (Wildman–Crippen LogP) is 3.89. The zero-order chi connectivity index (χ0) is 20.6. The second kappa shape index (κ2) is 9.93. The van der Waals surface area contributed by atoms with Crippen LogP contribution in [0.25, 0.3) is 11.4 Å². The number of nitrogens with zero attached hydrogens (tertiary/aromatic N) is 4. The normalized spacial score (nSPS) is 10.6. The van der Waals surface area contributed by atoms with E-state index in [4.69, 9.17) is 4.74 Å². The predicted molar refractivity (Wildman–Crippen MR) is 116 cm³/mol. The molecule has 0 atom stereocenters. The number of carbonyl (C=O) groups excluding carboxylic acids is 1. The minimum atomic E-state index is 0.0206. The number of rotatable bonds is 9. The lowest BCUT2D eigenvalue weighted by atomic mass is 10.2. The lowest BCUT2D eigenvalue weighted by Gasteiger charge is -2.17. The van der Waals surface area contributed by atoms with E-state index in [1.54, 1.807) is 25.1 Å². The monoisotopic (exact) mass is 408 g/mol. The Hall–Kier alpha value is -3.06. The van der Waals surface area contributed by atoms with Crippen LogP contribution >= 0.6 is 11.8 Å². The molecule has 1 aromatic heterocycles. The van der Waals surface area contributed by atoms with Crippen molar-refractivity contribution < 1.29 is 9.53 Å². The van der Waals surface area contributed by atoms with Crippen LogP contribution in [0.2, 0.25) is 0 Å². The average molecular weight is 409 g/mol. The molecular formula is C22H24N4O2S. The van der Waals surface area contributed by atoms with Crippen molar-refractivity contribution in [3.05, 3.63) is 72.8 Å². The van der Waals surface area contributed by atoms with Gasteiger partial charge in [-0.15, -0.1) is 16.8 Å². The van der Waals surface area contributed by atoms with E-state index in [0.717, 1.165) is 22.7 Å². The third-order valence-corrected chi connectivity index (χ3v) is 5.32. The Bertz CT molecular complexity index is 972. The fourth-order valence-corrected chi connectivity index (χ4v) is 3.75. The first-order chi connectivity index (χ1) is 14.1. The number of amides is 1. The van der Waals surface area contributed by atoms with E-state index in [9.17, 15) is 4.79 Å². The smallest absolute Gasteiger partial charge is 0.233 e. The van der Waals surface area contributed by atoms with Crippen molar-refractivity contribution in [3.63, 3.8) is 0 Å². The van der Waals surface area contributed by atoms with Gasteiger partial charge in [0, 0.05) is 25.7 Å². The minimum absolute atomic E-state index is 0.0206. The third-order valence-electron chi connectivity index (χ3n) is 4.36.